The summed E-state index contributed by atoms with van der Waals surface area (Å²) in [6.45, 7) is 0. The Balaban J connectivity index is 0. The molecular formula is AlCuInSe4. The van der Waals surface area contributed by atoms with Gasteiger partial charge >= 0.3 is 60.3 Å². The van der Waals surface area contributed by atoms with Crippen LogP contribution in [0.3, 0.4) is 0 Å². The van der Waals surface area contributed by atoms with Crippen LogP contribution in [0.5, 0.6) is 0 Å². The van der Waals surface area contributed by atoms with Gasteiger partial charge in [-0.05, 0) is 0 Å². The molecule has 1 radical (unpaired) electrons. The maximum Gasteiger partial charge on any atom is 3.00 e. The van der Waals surface area contributed by atoms with Crippen molar-refractivity contribution in [1.29, 1.82) is 0 Å². The number of hydrogen-bond donors (Lipinski definition) is 0. The maximum atomic E-state index is 0. The van der Waals surface area contributed by atoms with Gasteiger partial charge in [0, 0.05) is 0 Å². The van der Waals surface area contributed by atoms with Crippen LogP contribution in [0.2, 0.25) is 0 Å². The summed E-state index contributed by atoms with van der Waals surface area (Å²) in [6, 6.07) is 0. The van der Waals surface area contributed by atoms with E-state index < -0.39 is 0 Å². The van der Waals surface area contributed by atoms with Crippen molar-refractivity contribution in [2.45, 2.75) is 0 Å². The van der Waals surface area contributed by atoms with Gasteiger partial charge in [-0.2, -0.15) is 0 Å². The van der Waals surface area contributed by atoms with Crippen LogP contribution in [0.25, 0.3) is 0 Å². The second-order valence-corrected chi connectivity index (χ2v) is 0. The largest absolute Gasteiger partial charge is 3.00 e. The van der Waals surface area contributed by atoms with Crippen molar-refractivity contribution in [3.63, 3.8) is 0 Å². The Morgan fingerprint density at radius 1 is 0.571 bits per heavy atom. The standard InChI is InChI=1S/Al.Cu.In.4Se/q+3;+2;+3;4*-2. The molecule has 0 atom stereocenters. The second kappa shape index (κ2) is 50.6. The third-order valence-electron chi connectivity index (χ3n) is 0. The van der Waals surface area contributed by atoms with Gasteiger partial charge in [0.2, 0.25) is 0 Å². The summed E-state index contributed by atoms with van der Waals surface area (Å²) in [6.07, 6.45) is 0. The molecule has 0 saturated carbocycles. The first-order valence-electron chi connectivity index (χ1n) is 0. The smallest absolute Gasteiger partial charge is 2.00 e. The minimum atomic E-state index is 0. The molecule has 0 aromatic heterocycles. The number of rotatable bonds is 0. The summed E-state index contributed by atoms with van der Waals surface area (Å²) in [4.78, 5) is 0. The molecule has 0 aliphatic heterocycles. The molecular weight excluding hydrogens is 521 g/mol. The normalized spacial score (nSPS) is 0. The molecule has 0 amide bonds. The quantitative estimate of drug-likeness (QED) is 0.316. The zero-order valence-electron chi connectivity index (χ0n) is 3.09. The molecule has 0 nitrogen and oxygen atoms in total. The van der Waals surface area contributed by atoms with Crippen molar-refractivity contribution in [3.05, 3.63) is 0 Å². The Morgan fingerprint density at radius 2 is 0.571 bits per heavy atom. The van der Waals surface area contributed by atoms with Gasteiger partial charge < -0.3 is 68.3 Å². The van der Waals surface area contributed by atoms with Crippen molar-refractivity contribution < 1.29 is 17.1 Å². The van der Waals surface area contributed by atoms with Gasteiger partial charge in [-0.3, -0.25) is 0 Å². The molecule has 0 aromatic carbocycles. The van der Waals surface area contributed by atoms with Gasteiger partial charge in [0.1, 0.15) is 0 Å². The Morgan fingerprint density at radius 3 is 0.571 bits per heavy atom. The van der Waals surface area contributed by atoms with E-state index in [9.17, 15) is 0 Å². The van der Waals surface area contributed by atoms with Crippen molar-refractivity contribution in [2.24, 2.45) is 0 Å². The molecule has 0 heterocycles. The van der Waals surface area contributed by atoms with Crippen molar-refractivity contribution in [3.8, 4) is 0 Å². The fraction of sp³-hybridized carbons (Fsp3) is 0. The van der Waals surface area contributed by atoms with Gasteiger partial charge in [0.15, 0.2) is 0 Å². The van der Waals surface area contributed by atoms with Crippen LogP contribution in [0, 0.1) is 0 Å². The Kier molecular flexibility index (Phi) is 497. The average molecular weight is 521 g/mol. The summed E-state index contributed by atoms with van der Waals surface area (Å²) in [7, 11) is 0. The molecule has 0 bridgehead atoms. The summed E-state index contributed by atoms with van der Waals surface area (Å²) >= 11 is 0. The van der Waals surface area contributed by atoms with Gasteiger partial charge in [-0.25, -0.2) is 0 Å². The average Bonchev–Trinajstić information content (AvgIpc) is 0. The van der Waals surface area contributed by atoms with Crippen molar-refractivity contribution >= 4 is 111 Å². The van der Waals surface area contributed by atoms with E-state index in [2.05, 4.69) is 0 Å². The van der Waals surface area contributed by atoms with E-state index in [1.54, 1.807) is 0 Å². The summed E-state index contributed by atoms with van der Waals surface area (Å²) < 4.78 is 0. The summed E-state index contributed by atoms with van der Waals surface area (Å²) in [5.74, 6) is 0. The first-order valence-corrected chi connectivity index (χ1v) is 0. The molecule has 7 heavy (non-hydrogen) atoms. The topological polar surface area (TPSA) is 0 Å². The first kappa shape index (κ1) is 68.8. The molecule has 41 valence electrons. The van der Waals surface area contributed by atoms with Crippen LogP contribution < -0.4 is 0 Å². The minimum Gasteiger partial charge on any atom is -2.00 e. The fourth-order valence-electron chi connectivity index (χ4n) is 0. The first-order chi connectivity index (χ1) is 0. The molecule has 0 aliphatic carbocycles. The third-order valence-corrected chi connectivity index (χ3v) is 0. The van der Waals surface area contributed by atoms with Crippen molar-refractivity contribution in [1.82, 2.24) is 0 Å². The van der Waals surface area contributed by atoms with Gasteiger partial charge in [0.25, 0.3) is 0 Å². The van der Waals surface area contributed by atoms with Crippen LogP contribution in [-0.4, -0.2) is 111 Å². The molecule has 0 unspecified atom stereocenters. The molecule has 0 spiro atoms. The fourth-order valence-corrected chi connectivity index (χ4v) is 0. The third kappa shape index (κ3) is 40.0. The molecule has 7 heteroatoms. The van der Waals surface area contributed by atoms with Crippen LogP contribution in [-0.2, 0) is 17.1 Å². The van der Waals surface area contributed by atoms with E-state index in [1.165, 1.54) is 0 Å². The molecule has 0 aliphatic rings. The van der Waals surface area contributed by atoms with Crippen LogP contribution in [0.4, 0.5) is 0 Å². The Bertz CT molecular complexity index is 11.7. The van der Waals surface area contributed by atoms with Gasteiger partial charge in [0.05, 0.1) is 0 Å². The second-order valence-electron chi connectivity index (χ2n) is 0. The predicted octanol–water partition coefficient (Wildman–Crippen LogP) is -2.29. The van der Waals surface area contributed by atoms with Crippen molar-refractivity contribution in [2.75, 3.05) is 0 Å². The SMILES string of the molecule is [Al+3].[Cu+2].[In+3].[Se-2].[Se-2].[Se-2].[Se-2]. The van der Waals surface area contributed by atoms with Crippen LogP contribution in [0.1, 0.15) is 0 Å². The van der Waals surface area contributed by atoms with E-state index in [0.29, 0.717) is 0 Å². The Hall–Kier alpha value is 4.00. The zero-order valence-corrected chi connectivity index (χ0v) is 15.3. The van der Waals surface area contributed by atoms with Gasteiger partial charge in [-0.15, -0.1) is 0 Å². The molecule has 0 aromatic rings. The predicted molar refractivity (Wildman–Crippen MR) is 34.5 cm³/mol. The van der Waals surface area contributed by atoms with E-state index >= 15 is 0 Å². The molecule has 0 fully saturated rings. The molecule has 0 N–H and O–H groups in total. The minimum absolute atomic E-state index is 0. The van der Waals surface area contributed by atoms with E-state index in [-0.39, 0.29) is 129 Å². The van der Waals surface area contributed by atoms with E-state index in [0.717, 1.165) is 0 Å². The number of hydrogen-bond acceptors (Lipinski definition) is 0. The van der Waals surface area contributed by atoms with Crippen LogP contribution >= 0.6 is 0 Å². The van der Waals surface area contributed by atoms with E-state index in [4.69, 9.17) is 0 Å². The monoisotopic (exact) mass is 524 g/mol. The summed E-state index contributed by atoms with van der Waals surface area (Å²) in [5.41, 5.74) is 0. The van der Waals surface area contributed by atoms with E-state index in [1.807, 2.05) is 0 Å². The van der Waals surface area contributed by atoms with Gasteiger partial charge in [-0.1, -0.05) is 0 Å². The summed E-state index contributed by atoms with van der Waals surface area (Å²) in [5, 5.41) is 0. The molecule has 0 saturated heterocycles. The zero-order chi connectivity index (χ0) is 0. The molecule has 0 rings (SSSR count). The Labute approximate surface area is 126 Å². The van der Waals surface area contributed by atoms with Crippen LogP contribution in [0.15, 0.2) is 0 Å². The maximum absolute atomic E-state index is 0.